The van der Waals surface area contributed by atoms with Gasteiger partial charge in [-0.05, 0) is 43.4 Å². The van der Waals surface area contributed by atoms with E-state index in [-0.39, 0.29) is 22.4 Å². The van der Waals surface area contributed by atoms with Gasteiger partial charge in [0.2, 0.25) is 0 Å². The standard InChI is InChI=1S/5H3O2P.Ta/c5*1-3-2;/h5*3H2,(H,1,2);/q;;;;;+5/p-5. The van der Waals surface area contributed by atoms with Crippen molar-refractivity contribution in [2.45, 2.75) is 0 Å². The molecule has 0 heterocycles. The molecule has 0 aromatic rings. The van der Waals surface area contributed by atoms with Gasteiger partial charge in [-0.25, -0.2) is 0 Å². The average molecular weight is 506 g/mol. The molecule has 0 N–H and O–H groups in total. The molecular weight excluding hydrogens is 496 g/mol. The van der Waals surface area contributed by atoms with Crippen molar-refractivity contribution in [2.24, 2.45) is 0 Å². The second-order valence-electron chi connectivity index (χ2n) is 0.481. The van der Waals surface area contributed by atoms with E-state index in [0.717, 1.165) is 0 Å². The van der Waals surface area contributed by atoms with E-state index in [1.165, 1.54) is 0 Å². The Bertz CT molecular complexity index is 91.5. The van der Waals surface area contributed by atoms with Crippen molar-refractivity contribution >= 4 is 43.4 Å². The number of hydrogen-bond donors (Lipinski definition) is 0. The van der Waals surface area contributed by atoms with Gasteiger partial charge in [-0.15, -0.1) is 0 Å². The van der Waals surface area contributed by atoms with Crippen molar-refractivity contribution in [1.29, 1.82) is 0 Å². The molecule has 0 aliphatic carbocycles. The van der Waals surface area contributed by atoms with E-state index in [4.69, 9.17) is 47.3 Å². The van der Waals surface area contributed by atoms with Gasteiger partial charge >= 0.3 is 22.4 Å². The van der Waals surface area contributed by atoms with Crippen LogP contribution in [0.3, 0.4) is 0 Å². The van der Waals surface area contributed by atoms with Gasteiger partial charge in [0.15, 0.2) is 0 Å². The molecule has 0 aliphatic rings. The molecule has 0 saturated heterocycles. The van der Waals surface area contributed by atoms with Crippen LogP contribution in [0, 0.1) is 0 Å². The first kappa shape index (κ1) is 36.1. The molecule has 0 saturated carbocycles. The zero-order valence-electron chi connectivity index (χ0n) is 7.42. The van der Waals surface area contributed by atoms with Crippen LogP contribution in [0.25, 0.3) is 0 Å². The molecular formula is H10O10P5Ta. The Labute approximate surface area is 113 Å². The van der Waals surface area contributed by atoms with Gasteiger partial charge in [-0.2, -0.15) is 0 Å². The van der Waals surface area contributed by atoms with E-state index in [0.29, 0.717) is 0 Å². The monoisotopic (exact) mass is 506 g/mol. The third kappa shape index (κ3) is 1190. The van der Waals surface area contributed by atoms with Crippen LogP contribution in [0.4, 0.5) is 0 Å². The predicted octanol–water partition coefficient (Wildman–Crippen LogP) is -4.91. The summed E-state index contributed by atoms with van der Waals surface area (Å²) in [6.45, 7) is 0. The van der Waals surface area contributed by atoms with Gasteiger partial charge < -0.3 is 47.3 Å². The number of rotatable bonds is 0. The van der Waals surface area contributed by atoms with Crippen LogP contribution in [0.2, 0.25) is 0 Å². The van der Waals surface area contributed by atoms with Crippen LogP contribution in [0.1, 0.15) is 0 Å². The molecule has 100 valence electrons. The topological polar surface area (TPSA) is 201 Å². The molecule has 0 bridgehead atoms. The Kier molecular flexibility index (Phi) is 207. The first-order valence-electron chi connectivity index (χ1n) is 2.36. The maximum absolute atomic E-state index is 8.46. The number of hydrogen-bond acceptors (Lipinski definition) is 10. The van der Waals surface area contributed by atoms with Crippen molar-refractivity contribution in [2.75, 3.05) is 0 Å². The molecule has 0 fully saturated rings. The summed E-state index contributed by atoms with van der Waals surface area (Å²) in [6, 6.07) is 0. The zero-order chi connectivity index (χ0) is 13.5. The van der Waals surface area contributed by atoms with Crippen LogP contribution in [0.5, 0.6) is 0 Å². The maximum Gasteiger partial charge on any atom is 5.00 e. The van der Waals surface area contributed by atoms with Crippen molar-refractivity contribution in [3.63, 3.8) is 0 Å². The Hall–Kier alpha value is 1.69. The summed E-state index contributed by atoms with van der Waals surface area (Å²) in [7, 11) is -8.75. The van der Waals surface area contributed by atoms with Gasteiger partial charge in [0, 0.05) is 0 Å². The second kappa shape index (κ2) is 91.8. The van der Waals surface area contributed by atoms with E-state index in [9.17, 15) is 0 Å². The third-order valence-electron chi connectivity index (χ3n) is 0. The summed E-state index contributed by atoms with van der Waals surface area (Å²) in [4.78, 5) is 42.3. The summed E-state index contributed by atoms with van der Waals surface area (Å²) < 4.78 is 42.3. The van der Waals surface area contributed by atoms with Crippen LogP contribution in [0.15, 0.2) is 0 Å². The molecule has 5 unspecified atom stereocenters. The Balaban J connectivity index is -0.0000000192. The average Bonchev–Trinajstić information content (AvgIpc) is 2.09. The summed E-state index contributed by atoms with van der Waals surface area (Å²) in [5.41, 5.74) is 0. The third-order valence-corrected chi connectivity index (χ3v) is 0. The van der Waals surface area contributed by atoms with Gasteiger partial charge in [-0.1, -0.05) is 0 Å². The van der Waals surface area contributed by atoms with Crippen LogP contribution in [-0.2, 0) is 45.2 Å². The summed E-state index contributed by atoms with van der Waals surface area (Å²) >= 11 is 0. The zero-order valence-corrected chi connectivity index (χ0v) is 16.4. The van der Waals surface area contributed by atoms with Crippen molar-refractivity contribution in [3.8, 4) is 0 Å². The summed E-state index contributed by atoms with van der Waals surface area (Å²) in [5, 5.41) is 0. The first-order valence-corrected chi connectivity index (χ1v) is 7.07. The molecule has 0 spiro atoms. The summed E-state index contributed by atoms with van der Waals surface area (Å²) in [5.74, 6) is 0. The largest absolute Gasteiger partial charge is 5.00 e. The van der Waals surface area contributed by atoms with E-state index < -0.39 is 43.4 Å². The molecule has 0 aliphatic heterocycles. The molecule has 0 radical (unpaired) electrons. The fourth-order valence-electron chi connectivity index (χ4n) is 0. The van der Waals surface area contributed by atoms with Gasteiger partial charge in [0.25, 0.3) is 0 Å². The Morgan fingerprint density at radius 1 is 0.438 bits per heavy atom. The molecule has 10 nitrogen and oxygen atoms in total. The maximum atomic E-state index is 8.46. The normalized spacial score (nSPS) is 9.06. The smallest absolute Gasteiger partial charge is 0.804 e. The minimum Gasteiger partial charge on any atom is -0.804 e. The van der Waals surface area contributed by atoms with Crippen molar-refractivity contribution in [1.82, 2.24) is 0 Å². The Morgan fingerprint density at radius 2 is 0.438 bits per heavy atom. The van der Waals surface area contributed by atoms with Crippen LogP contribution < -0.4 is 24.5 Å². The minimum absolute atomic E-state index is 0. The van der Waals surface area contributed by atoms with Gasteiger partial charge in [-0.3, -0.25) is 0 Å². The van der Waals surface area contributed by atoms with Crippen LogP contribution in [-0.4, -0.2) is 0 Å². The first-order chi connectivity index (χ1) is 7.07. The fourth-order valence-corrected chi connectivity index (χ4v) is 0. The minimum atomic E-state index is -1.75. The summed E-state index contributed by atoms with van der Waals surface area (Å²) in [6.07, 6.45) is 0. The second-order valence-corrected chi connectivity index (χ2v) is 1.44. The predicted molar refractivity (Wildman–Crippen MR) is 52.0 cm³/mol. The SMILES string of the molecule is O=[PH2][O-].O=[PH2][O-].O=[PH2][O-].O=[PH2][O-].O=[PH2][O-].[Ta+5]. The van der Waals surface area contributed by atoms with Crippen LogP contribution >= 0.6 is 43.4 Å². The van der Waals surface area contributed by atoms with Crippen molar-refractivity contribution in [3.05, 3.63) is 0 Å². The molecule has 0 aromatic heterocycles. The van der Waals surface area contributed by atoms with Gasteiger partial charge in [0.1, 0.15) is 0 Å². The van der Waals surface area contributed by atoms with E-state index in [2.05, 4.69) is 0 Å². The Morgan fingerprint density at radius 3 is 0.438 bits per heavy atom. The molecule has 0 rings (SSSR count). The molecule has 16 heavy (non-hydrogen) atoms. The van der Waals surface area contributed by atoms with E-state index in [1.54, 1.807) is 0 Å². The quantitative estimate of drug-likeness (QED) is 0.287. The molecule has 0 aromatic carbocycles. The van der Waals surface area contributed by atoms with E-state index >= 15 is 0 Å². The molecule has 0 amide bonds. The van der Waals surface area contributed by atoms with Crippen molar-refractivity contribution < 1.29 is 69.7 Å². The van der Waals surface area contributed by atoms with E-state index in [1.807, 2.05) is 0 Å². The molecule has 16 heteroatoms. The van der Waals surface area contributed by atoms with Gasteiger partial charge in [0.05, 0.1) is 0 Å². The molecule has 5 atom stereocenters. The fraction of sp³-hybridized carbons (Fsp3) is 0.